The molecule has 0 spiro atoms. The zero-order chi connectivity index (χ0) is 18.1. The van der Waals surface area contributed by atoms with Gasteiger partial charge in [0.2, 0.25) is 11.7 Å². The van der Waals surface area contributed by atoms with Gasteiger partial charge >= 0.3 is 0 Å². The summed E-state index contributed by atoms with van der Waals surface area (Å²) in [5.41, 5.74) is 3.05. The van der Waals surface area contributed by atoms with E-state index in [0.717, 1.165) is 24.1 Å². The Morgan fingerprint density at radius 3 is 2.85 bits per heavy atom. The molecule has 0 atom stereocenters. The van der Waals surface area contributed by atoms with E-state index in [-0.39, 0.29) is 0 Å². The third-order valence-corrected chi connectivity index (χ3v) is 4.75. The summed E-state index contributed by atoms with van der Waals surface area (Å²) in [5, 5.41) is 8.81. The predicted molar refractivity (Wildman–Crippen MR) is 95.7 cm³/mol. The second kappa shape index (κ2) is 6.99. The summed E-state index contributed by atoms with van der Waals surface area (Å²) in [6.45, 7) is 3.22. The van der Waals surface area contributed by atoms with Crippen molar-refractivity contribution in [2.24, 2.45) is 7.05 Å². The van der Waals surface area contributed by atoms with Crippen LogP contribution in [0.3, 0.4) is 0 Å². The number of fused-ring (bicyclic) bond motifs is 1. The lowest BCUT2D eigenvalue weighted by Gasteiger charge is -2.09. The fraction of sp³-hybridized carbons (Fsp3) is 0.389. The van der Waals surface area contributed by atoms with Crippen LogP contribution in [0, 0.1) is 6.92 Å². The van der Waals surface area contributed by atoms with E-state index >= 15 is 0 Å². The quantitative estimate of drug-likeness (QED) is 0.696. The van der Waals surface area contributed by atoms with Crippen molar-refractivity contribution in [3.8, 4) is 22.9 Å². The summed E-state index contributed by atoms with van der Waals surface area (Å²) < 4.78 is 18.6. The summed E-state index contributed by atoms with van der Waals surface area (Å²) in [7, 11) is 1.93. The molecule has 0 fully saturated rings. The first-order valence-electron chi connectivity index (χ1n) is 8.51. The van der Waals surface area contributed by atoms with Crippen molar-refractivity contribution in [2.75, 3.05) is 13.2 Å². The van der Waals surface area contributed by atoms with E-state index in [9.17, 15) is 0 Å². The van der Waals surface area contributed by atoms with Gasteiger partial charge in [-0.3, -0.25) is 4.68 Å². The van der Waals surface area contributed by atoms with Crippen LogP contribution in [0.25, 0.3) is 11.4 Å². The number of hydrogen-bond donors (Lipinski definition) is 0. The van der Waals surface area contributed by atoms with Gasteiger partial charge in [0, 0.05) is 31.1 Å². The number of benzene rings is 1. The molecule has 136 valence electrons. The van der Waals surface area contributed by atoms with Gasteiger partial charge in [0.1, 0.15) is 0 Å². The first-order valence-corrected chi connectivity index (χ1v) is 8.89. The molecule has 0 radical (unpaired) electrons. The molecule has 4 rings (SSSR count). The van der Waals surface area contributed by atoms with Crippen LogP contribution in [-0.4, -0.2) is 33.1 Å². The van der Waals surface area contributed by atoms with E-state index in [4.69, 9.17) is 25.6 Å². The largest absolute Gasteiger partial charge is 0.489 e. The number of halogens is 1. The van der Waals surface area contributed by atoms with Crippen molar-refractivity contribution >= 4 is 11.6 Å². The van der Waals surface area contributed by atoms with Gasteiger partial charge in [0.05, 0.1) is 24.4 Å². The zero-order valence-corrected chi connectivity index (χ0v) is 15.4. The van der Waals surface area contributed by atoms with Gasteiger partial charge in [0.25, 0.3) is 0 Å². The average Bonchev–Trinajstić information content (AvgIpc) is 3.13. The van der Waals surface area contributed by atoms with Gasteiger partial charge < -0.3 is 14.0 Å². The van der Waals surface area contributed by atoms with Crippen molar-refractivity contribution in [2.45, 2.75) is 26.2 Å². The van der Waals surface area contributed by atoms with Crippen LogP contribution in [-0.2, 0) is 19.9 Å². The van der Waals surface area contributed by atoms with E-state index in [1.165, 1.54) is 5.56 Å². The van der Waals surface area contributed by atoms with Gasteiger partial charge in [-0.2, -0.15) is 10.1 Å². The van der Waals surface area contributed by atoms with Crippen molar-refractivity contribution in [1.29, 1.82) is 0 Å². The number of hydrogen-bond acceptors (Lipinski definition) is 6. The van der Waals surface area contributed by atoms with E-state index < -0.39 is 0 Å². The number of ether oxygens (including phenoxy) is 2. The van der Waals surface area contributed by atoms with E-state index in [1.807, 2.05) is 30.9 Å². The highest BCUT2D eigenvalue weighted by Gasteiger charge is 2.19. The molecule has 8 heteroatoms. The normalized spacial score (nSPS) is 13.7. The number of nitrogens with zero attached hydrogens (tertiary/aromatic N) is 4. The molecule has 1 aliphatic heterocycles. The second-order valence-electron chi connectivity index (χ2n) is 6.23. The van der Waals surface area contributed by atoms with Crippen LogP contribution in [0.5, 0.6) is 11.5 Å². The standard InChI is InChI=1S/C18H19ClN4O3/c1-11-12(10-20-23(11)2)4-5-16-21-18(22-26-16)13-8-14(19)17-15(9-13)24-6-3-7-25-17/h8-10H,3-7H2,1-2H3. The molecular formula is C18H19ClN4O3. The van der Waals surface area contributed by atoms with Gasteiger partial charge in [-0.1, -0.05) is 16.8 Å². The van der Waals surface area contributed by atoms with Gasteiger partial charge in [0.15, 0.2) is 11.5 Å². The molecule has 0 N–H and O–H groups in total. The average molecular weight is 375 g/mol. The molecule has 3 aromatic rings. The first kappa shape index (κ1) is 16.9. The highest BCUT2D eigenvalue weighted by molar-refractivity contribution is 6.32. The molecule has 2 aromatic heterocycles. The molecule has 0 aliphatic carbocycles. The summed E-state index contributed by atoms with van der Waals surface area (Å²) in [6.07, 6.45) is 4.14. The highest BCUT2D eigenvalue weighted by atomic mass is 35.5. The molecule has 0 unspecified atom stereocenters. The van der Waals surface area contributed by atoms with Crippen LogP contribution in [0.4, 0.5) is 0 Å². The fourth-order valence-corrected chi connectivity index (χ4v) is 3.13. The summed E-state index contributed by atoms with van der Waals surface area (Å²) in [4.78, 5) is 4.49. The van der Waals surface area contributed by atoms with E-state index in [0.29, 0.717) is 47.9 Å². The Labute approximate surface area is 155 Å². The molecule has 0 saturated carbocycles. The molecule has 26 heavy (non-hydrogen) atoms. The minimum atomic E-state index is 0.483. The maximum Gasteiger partial charge on any atom is 0.227 e. The summed E-state index contributed by atoms with van der Waals surface area (Å²) in [5.74, 6) is 2.25. The van der Waals surface area contributed by atoms with E-state index in [2.05, 4.69) is 15.2 Å². The minimum Gasteiger partial charge on any atom is -0.489 e. The summed E-state index contributed by atoms with van der Waals surface area (Å²) >= 11 is 6.34. The Morgan fingerprint density at radius 1 is 1.19 bits per heavy atom. The van der Waals surface area contributed by atoms with Gasteiger partial charge in [-0.05, 0) is 31.0 Å². The molecule has 0 saturated heterocycles. The van der Waals surface area contributed by atoms with Crippen LogP contribution in [0.15, 0.2) is 22.9 Å². The van der Waals surface area contributed by atoms with Crippen molar-refractivity contribution in [3.05, 3.63) is 40.5 Å². The van der Waals surface area contributed by atoms with Crippen molar-refractivity contribution in [3.63, 3.8) is 0 Å². The van der Waals surface area contributed by atoms with Gasteiger partial charge in [-0.15, -0.1) is 0 Å². The predicted octanol–water partition coefficient (Wildman–Crippen LogP) is 3.38. The Morgan fingerprint density at radius 2 is 2.04 bits per heavy atom. The smallest absolute Gasteiger partial charge is 0.227 e. The third kappa shape index (κ3) is 3.26. The second-order valence-corrected chi connectivity index (χ2v) is 6.63. The maximum atomic E-state index is 6.34. The Kier molecular flexibility index (Phi) is 4.55. The molecular weight excluding hydrogens is 356 g/mol. The molecule has 7 nitrogen and oxygen atoms in total. The Bertz CT molecular complexity index is 935. The zero-order valence-electron chi connectivity index (χ0n) is 14.7. The van der Waals surface area contributed by atoms with Crippen molar-refractivity contribution in [1.82, 2.24) is 19.9 Å². The third-order valence-electron chi connectivity index (χ3n) is 4.47. The molecule has 0 bridgehead atoms. The molecule has 1 aromatic carbocycles. The van der Waals surface area contributed by atoms with Crippen LogP contribution >= 0.6 is 11.6 Å². The van der Waals surface area contributed by atoms with Crippen LogP contribution in [0.2, 0.25) is 5.02 Å². The lowest BCUT2D eigenvalue weighted by Crippen LogP contribution is -1.97. The molecule has 3 heterocycles. The number of aromatic nitrogens is 4. The Hall–Kier alpha value is -2.54. The number of aryl methyl sites for hydroxylation is 3. The monoisotopic (exact) mass is 374 g/mol. The molecule has 1 aliphatic rings. The minimum absolute atomic E-state index is 0.483. The fourth-order valence-electron chi connectivity index (χ4n) is 2.86. The van der Waals surface area contributed by atoms with Crippen LogP contribution < -0.4 is 9.47 Å². The number of rotatable bonds is 4. The first-order chi connectivity index (χ1) is 12.6. The van der Waals surface area contributed by atoms with Gasteiger partial charge in [-0.25, -0.2) is 0 Å². The SMILES string of the molecule is Cc1c(CCc2nc(-c3cc(Cl)c4c(c3)OCCCO4)no2)cnn1C. The topological polar surface area (TPSA) is 75.2 Å². The van der Waals surface area contributed by atoms with Crippen molar-refractivity contribution < 1.29 is 14.0 Å². The lowest BCUT2D eigenvalue weighted by molar-refractivity contribution is 0.297. The van der Waals surface area contributed by atoms with Crippen LogP contribution in [0.1, 0.15) is 23.6 Å². The molecule has 0 amide bonds. The van der Waals surface area contributed by atoms with E-state index in [1.54, 1.807) is 6.07 Å². The Balaban J connectivity index is 1.53. The lowest BCUT2D eigenvalue weighted by atomic mass is 10.1. The summed E-state index contributed by atoms with van der Waals surface area (Å²) in [6, 6.07) is 3.61. The maximum absolute atomic E-state index is 6.34. The highest BCUT2D eigenvalue weighted by Crippen LogP contribution is 2.40.